The van der Waals surface area contributed by atoms with Gasteiger partial charge in [0.15, 0.2) is 0 Å². The Morgan fingerprint density at radius 3 is 2.34 bits per heavy atom. The molecule has 3 N–H and O–H groups in total. The highest BCUT2D eigenvalue weighted by molar-refractivity contribution is 7.88. The van der Waals surface area contributed by atoms with Gasteiger partial charge in [-0.05, 0) is 156 Å². The zero-order valence-corrected chi connectivity index (χ0v) is 34.8. The maximum Gasteiger partial charge on any atom is 0.335 e. The second-order valence-corrected chi connectivity index (χ2v) is 22.8. The smallest absolute Gasteiger partial charge is 0.335 e. The van der Waals surface area contributed by atoms with Crippen molar-refractivity contribution in [1.29, 1.82) is 0 Å². The molecule has 0 aromatic heterocycles. The molecule has 1 aromatic rings. The number of fused-ring (bicyclic) bond motifs is 8. The van der Waals surface area contributed by atoms with Crippen LogP contribution in [0.5, 0.6) is 0 Å². The summed E-state index contributed by atoms with van der Waals surface area (Å²) in [6.45, 7) is 21.4. The summed E-state index contributed by atoms with van der Waals surface area (Å²) in [6.07, 6.45) is 16.7. The number of carboxylic acid groups (broad SMARTS) is 1. The Morgan fingerprint density at radius 2 is 1.66 bits per heavy atom. The van der Waals surface area contributed by atoms with Gasteiger partial charge in [0.05, 0.1) is 11.8 Å². The first kappa shape index (κ1) is 38.1. The van der Waals surface area contributed by atoms with Gasteiger partial charge in [-0.15, -0.1) is 0 Å². The number of nitrogens with one attached hydrogen (secondary N) is 2. The van der Waals surface area contributed by atoms with Crippen LogP contribution in [0.4, 0.5) is 0 Å². The Labute approximate surface area is 321 Å². The van der Waals surface area contributed by atoms with E-state index in [1.54, 1.807) is 16.4 Å². The van der Waals surface area contributed by atoms with E-state index in [1.165, 1.54) is 75.2 Å². The normalized spacial score (nSPS) is 44.4. The molecule has 8 rings (SSSR count). The molecule has 0 amide bonds. The summed E-state index contributed by atoms with van der Waals surface area (Å²) in [7, 11) is -3.15. The van der Waals surface area contributed by atoms with Crippen molar-refractivity contribution in [3.8, 4) is 0 Å². The lowest BCUT2D eigenvalue weighted by molar-refractivity contribution is -0.221. The Balaban J connectivity index is 1.00. The number of hydrogen-bond acceptors (Lipinski definition) is 5. The van der Waals surface area contributed by atoms with Crippen molar-refractivity contribution in [2.75, 3.05) is 32.4 Å². The highest BCUT2D eigenvalue weighted by atomic mass is 32.2. The fourth-order valence-corrected chi connectivity index (χ4v) is 16.6. The second-order valence-electron chi connectivity index (χ2n) is 20.9. The first-order chi connectivity index (χ1) is 24.9. The van der Waals surface area contributed by atoms with Crippen LogP contribution in [0.1, 0.15) is 129 Å². The molecule has 7 nitrogen and oxygen atoms in total. The number of benzene rings is 1. The first-order valence-corrected chi connectivity index (χ1v) is 23.2. The van der Waals surface area contributed by atoms with Gasteiger partial charge in [0.2, 0.25) is 10.0 Å². The minimum Gasteiger partial charge on any atom is -0.478 e. The van der Waals surface area contributed by atoms with Gasteiger partial charge in [-0.1, -0.05) is 66.7 Å². The average Bonchev–Trinajstić information content (AvgIpc) is 3.60. The second kappa shape index (κ2) is 12.9. The molecule has 5 saturated carbocycles. The molecule has 1 aromatic carbocycles. The van der Waals surface area contributed by atoms with Gasteiger partial charge in [-0.2, -0.15) is 4.31 Å². The summed E-state index contributed by atoms with van der Waals surface area (Å²) >= 11 is 0. The Bertz CT molecular complexity index is 1740. The number of piperidine rings is 1. The Morgan fingerprint density at radius 1 is 0.925 bits per heavy atom. The van der Waals surface area contributed by atoms with E-state index < -0.39 is 16.0 Å². The summed E-state index contributed by atoms with van der Waals surface area (Å²) < 4.78 is 26.7. The van der Waals surface area contributed by atoms with Crippen molar-refractivity contribution in [3.63, 3.8) is 0 Å². The summed E-state index contributed by atoms with van der Waals surface area (Å²) in [6, 6.07) is 7.75. The molecule has 2 unspecified atom stereocenters. The van der Waals surface area contributed by atoms with Crippen LogP contribution in [0.3, 0.4) is 0 Å². The van der Waals surface area contributed by atoms with Gasteiger partial charge >= 0.3 is 5.97 Å². The quantitative estimate of drug-likeness (QED) is 0.208. The van der Waals surface area contributed by atoms with E-state index in [4.69, 9.17) is 0 Å². The maximum absolute atomic E-state index is 12.4. The van der Waals surface area contributed by atoms with Crippen molar-refractivity contribution < 1.29 is 18.3 Å². The molecule has 0 bridgehead atoms. The van der Waals surface area contributed by atoms with Gasteiger partial charge in [0, 0.05) is 37.8 Å². The number of carbonyl (C=O) groups is 1. The van der Waals surface area contributed by atoms with E-state index in [0.717, 1.165) is 44.4 Å². The molecular formula is C45H69N3O4S. The molecule has 6 fully saturated rings. The standard InChI is InChI=1S/C45H69N3O4S/c1-28(2)32-15-20-45(47-24-23-46-26-36-33-25-31(33)27-48(36)53(8,51)52)22-21-43(6)35(39(32)45)13-14-38-42(5)18-16-34(29-9-11-30(12-10-29)40(49)50)41(3,4)37(42)17-19-44(38,43)7/h9-12,16,28,31-33,35-39,46-47H,13-15,17-27H2,1-8H3,(H,49,50)/t31?,32-,33?,35+,36+,37-,38+,39+,42-,43+,44+,45-/m0/s1. The molecular weight excluding hydrogens is 679 g/mol. The van der Waals surface area contributed by atoms with Crippen LogP contribution in [0, 0.1) is 69.0 Å². The van der Waals surface area contributed by atoms with Crippen molar-refractivity contribution in [2.45, 2.75) is 124 Å². The molecule has 7 aliphatic rings. The summed E-state index contributed by atoms with van der Waals surface area (Å²) in [5.41, 5.74) is 4.03. The van der Waals surface area contributed by atoms with Gasteiger partial charge in [-0.25, -0.2) is 13.2 Å². The molecule has 53 heavy (non-hydrogen) atoms. The number of sulfonamides is 1. The molecule has 0 radical (unpaired) electrons. The minimum atomic E-state index is -3.15. The van der Waals surface area contributed by atoms with Crippen molar-refractivity contribution >= 4 is 21.6 Å². The number of rotatable bonds is 10. The lowest BCUT2D eigenvalue weighted by Gasteiger charge is -2.72. The van der Waals surface area contributed by atoms with E-state index in [0.29, 0.717) is 51.9 Å². The predicted molar refractivity (Wildman–Crippen MR) is 214 cm³/mol. The molecule has 1 saturated heterocycles. The van der Waals surface area contributed by atoms with E-state index in [1.807, 2.05) is 12.1 Å². The molecule has 294 valence electrons. The fraction of sp³-hybridized carbons (Fsp3) is 0.800. The topological polar surface area (TPSA) is 98.7 Å². The zero-order chi connectivity index (χ0) is 37.9. The van der Waals surface area contributed by atoms with E-state index in [2.05, 4.69) is 65.2 Å². The third-order valence-electron chi connectivity index (χ3n) is 18.2. The van der Waals surface area contributed by atoms with Gasteiger partial charge in [-0.3, -0.25) is 0 Å². The number of hydrogen-bond donors (Lipinski definition) is 3. The highest BCUT2D eigenvalue weighted by Crippen LogP contribution is 2.76. The lowest BCUT2D eigenvalue weighted by atomic mass is 9.33. The van der Waals surface area contributed by atoms with Crippen LogP contribution in [0.25, 0.3) is 5.57 Å². The number of allylic oxidation sites excluding steroid dienone is 2. The zero-order valence-electron chi connectivity index (χ0n) is 34.0. The van der Waals surface area contributed by atoms with Crippen molar-refractivity contribution in [2.24, 2.45) is 69.0 Å². The van der Waals surface area contributed by atoms with Gasteiger partial charge in [0.1, 0.15) is 0 Å². The van der Waals surface area contributed by atoms with Crippen LogP contribution in [-0.4, -0.2) is 67.8 Å². The van der Waals surface area contributed by atoms with Crippen LogP contribution in [0.2, 0.25) is 0 Å². The van der Waals surface area contributed by atoms with Crippen molar-refractivity contribution in [3.05, 3.63) is 41.5 Å². The molecule has 8 heteroatoms. The highest BCUT2D eigenvalue weighted by Gasteiger charge is 2.70. The van der Waals surface area contributed by atoms with Crippen molar-refractivity contribution in [1.82, 2.24) is 14.9 Å². The van der Waals surface area contributed by atoms with E-state index in [-0.39, 0.29) is 22.4 Å². The lowest BCUT2D eigenvalue weighted by Crippen LogP contribution is -2.68. The Hall–Kier alpha value is -1.74. The van der Waals surface area contributed by atoms with E-state index in [9.17, 15) is 18.3 Å². The Kier molecular flexibility index (Phi) is 9.28. The van der Waals surface area contributed by atoms with E-state index >= 15 is 0 Å². The molecule has 0 spiro atoms. The SMILES string of the molecule is CC(C)[C@@H]1CC[C@]2(NCCNC[C@@H]3C4CC4CN3S(C)(=O)=O)CC[C@]3(C)[C@H](CC[C@@H]4[C@@]5(C)CC=C(c6ccc(C(=O)O)cc6)C(C)(C)[C@@H]5CC[C@]43C)[C@@H]12. The number of aromatic carboxylic acids is 1. The third-order valence-corrected chi connectivity index (χ3v) is 19.4. The van der Waals surface area contributed by atoms with Crippen LogP contribution >= 0.6 is 0 Å². The first-order valence-electron chi connectivity index (χ1n) is 21.3. The predicted octanol–water partition coefficient (Wildman–Crippen LogP) is 8.33. The van der Waals surface area contributed by atoms with Crippen LogP contribution in [-0.2, 0) is 10.0 Å². The monoisotopic (exact) mass is 748 g/mol. The average molecular weight is 748 g/mol. The van der Waals surface area contributed by atoms with Crippen LogP contribution < -0.4 is 10.6 Å². The molecule has 12 atom stereocenters. The largest absolute Gasteiger partial charge is 0.478 e. The molecule has 6 aliphatic carbocycles. The molecule has 1 heterocycles. The number of nitrogens with zero attached hydrogens (tertiary/aromatic N) is 1. The van der Waals surface area contributed by atoms with Gasteiger partial charge < -0.3 is 15.7 Å². The van der Waals surface area contributed by atoms with Crippen LogP contribution in [0.15, 0.2) is 30.3 Å². The third kappa shape index (κ3) is 5.78. The molecule has 1 aliphatic heterocycles. The number of carboxylic acids is 1. The fourth-order valence-electron chi connectivity index (χ4n) is 15.4. The summed E-state index contributed by atoms with van der Waals surface area (Å²) in [5, 5.41) is 17.5. The maximum atomic E-state index is 12.4. The minimum absolute atomic E-state index is 0.0197. The summed E-state index contributed by atoms with van der Waals surface area (Å²) in [4.78, 5) is 11.6. The summed E-state index contributed by atoms with van der Waals surface area (Å²) in [5.74, 6) is 4.44. The van der Waals surface area contributed by atoms with Gasteiger partial charge in [0.25, 0.3) is 0 Å².